The summed E-state index contributed by atoms with van der Waals surface area (Å²) in [4.78, 5) is 0. The third-order valence-electron chi connectivity index (χ3n) is 4.60. The number of benzene rings is 1. The number of hydrogen-bond acceptors (Lipinski definition) is 1. The molecule has 0 aromatic heterocycles. The molecule has 2 heteroatoms. The molecule has 112 valence electrons. The van der Waals surface area contributed by atoms with Gasteiger partial charge in [0.05, 0.1) is 5.60 Å². The average molecular weight is 278 g/mol. The lowest BCUT2D eigenvalue weighted by Gasteiger charge is -2.24. The fourth-order valence-electron chi connectivity index (χ4n) is 3.35. The van der Waals surface area contributed by atoms with E-state index in [0.29, 0.717) is 12.8 Å². The first-order valence-corrected chi connectivity index (χ1v) is 8.17. The molecule has 1 unspecified atom stereocenters. The van der Waals surface area contributed by atoms with Gasteiger partial charge in [-0.05, 0) is 36.5 Å². The Hall–Kier alpha value is -0.890. The van der Waals surface area contributed by atoms with Gasteiger partial charge in [-0.25, -0.2) is 4.39 Å². The molecule has 0 saturated heterocycles. The van der Waals surface area contributed by atoms with Crippen LogP contribution in [0.1, 0.15) is 75.8 Å². The zero-order valence-corrected chi connectivity index (χ0v) is 12.6. The Balaban J connectivity index is 1.78. The Morgan fingerprint density at radius 1 is 1.10 bits per heavy atom. The van der Waals surface area contributed by atoms with Crippen molar-refractivity contribution >= 4 is 0 Å². The lowest BCUT2D eigenvalue weighted by molar-refractivity contribution is 0.0267. The Kier molecular flexibility index (Phi) is 5.59. The molecule has 1 nitrogen and oxygen atoms in total. The number of hydrogen-bond donors (Lipinski definition) is 1. The highest BCUT2D eigenvalue weighted by Crippen LogP contribution is 2.41. The van der Waals surface area contributed by atoms with Gasteiger partial charge in [0.25, 0.3) is 0 Å². The molecule has 1 atom stereocenters. The van der Waals surface area contributed by atoms with Gasteiger partial charge >= 0.3 is 0 Å². The summed E-state index contributed by atoms with van der Waals surface area (Å²) in [6, 6.07) is 5.11. The van der Waals surface area contributed by atoms with Crippen molar-refractivity contribution in [3.63, 3.8) is 0 Å². The van der Waals surface area contributed by atoms with Crippen LogP contribution < -0.4 is 0 Å². The summed E-state index contributed by atoms with van der Waals surface area (Å²) in [5.41, 5.74) is 0.794. The number of fused-ring (bicyclic) bond motifs is 1. The van der Waals surface area contributed by atoms with E-state index in [4.69, 9.17) is 0 Å². The van der Waals surface area contributed by atoms with Gasteiger partial charge in [-0.15, -0.1) is 0 Å². The molecular formula is C18H27FO. The first-order chi connectivity index (χ1) is 9.67. The molecule has 0 aliphatic heterocycles. The van der Waals surface area contributed by atoms with E-state index in [9.17, 15) is 9.50 Å². The van der Waals surface area contributed by atoms with Gasteiger partial charge in [-0.3, -0.25) is 0 Å². The van der Waals surface area contributed by atoms with Gasteiger partial charge in [0.1, 0.15) is 5.82 Å². The number of halogens is 1. The van der Waals surface area contributed by atoms with Crippen LogP contribution in [-0.4, -0.2) is 5.11 Å². The van der Waals surface area contributed by atoms with E-state index >= 15 is 0 Å². The average Bonchev–Trinajstić information content (AvgIpc) is 2.78. The molecule has 0 amide bonds. The summed E-state index contributed by atoms with van der Waals surface area (Å²) >= 11 is 0. The van der Waals surface area contributed by atoms with Crippen LogP contribution in [0.15, 0.2) is 18.2 Å². The van der Waals surface area contributed by atoms with Crippen molar-refractivity contribution in [1.29, 1.82) is 0 Å². The Bertz CT molecular complexity index is 429. The fourth-order valence-corrected chi connectivity index (χ4v) is 3.35. The summed E-state index contributed by atoms with van der Waals surface area (Å²) in [5.74, 6) is -0.155. The standard InChI is InChI=1S/C18H27FO/c1-2-3-4-5-6-7-8-13-18(20)14-12-15-16(18)10-9-11-17(15)19/h9-11,20H,2-8,12-14H2,1H3. The summed E-state index contributed by atoms with van der Waals surface area (Å²) in [6.45, 7) is 2.23. The Morgan fingerprint density at radius 2 is 1.80 bits per heavy atom. The molecule has 1 aliphatic carbocycles. The van der Waals surface area contributed by atoms with Crippen molar-refractivity contribution in [1.82, 2.24) is 0 Å². The van der Waals surface area contributed by atoms with Crippen molar-refractivity contribution < 1.29 is 9.50 Å². The van der Waals surface area contributed by atoms with Crippen molar-refractivity contribution in [3.8, 4) is 0 Å². The summed E-state index contributed by atoms with van der Waals surface area (Å²) < 4.78 is 13.7. The smallest absolute Gasteiger partial charge is 0.126 e. The van der Waals surface area contributed by atoms with Crippen LogP contribution in [0.5, 0.6) is 0 Å². The third-order valence-corrected chi connectivity index (χ3v) is 4.60. The van der Waals surface area contributed by atoms with Crippen molar-refractivity contribution in [2.75, 3.05) is 0 Å². The van der Waals surface area contributed by atoms with Crippen LogP contribution in [0.2, 0.25) is 0 Å². The highest BCUT2D eigenvalue weighted by atomic mass is 19.1. The van der Waals surface area contributed by atoms with Crippen LogP contribution in [0, 0.1) is 5.82 Å². The van der Waals surface area contributed by atoms with E-state index in [-0.39, 0.29) is 5.82 Å². The maximum absolute atomic E-state index is 13.7. The van der Waals surface area contributed by atoms with E-state index in [1.165, 1.54) is 44.6 Å². The minimum absolute atomic E-state index is 0.155. The topological polar surface area (TPSA) is 20.2 Å². The highest BCUT2D eigenvalue weighted by Gasteiger charge is 2.37. The normalized spacial score (nSPS) is 21.1. The molecule has 2 rings (SSSR count). The second-order valence-electron chi connectivity index (χ2n) is 6.17. The lowest BCUT2D eigenvalue weighted by Crippen LogP contribution is -2.22. The van der Waals surface area contributed by atoms with Gasteiger partial charge < -0.3 is 5.11 Å². The van der Waals surface area contributed by atoms with E-state index < -0.39 is 5.60 Å². The predicted octanol–water partition coefficient (Wildman–Crippen LogP) is 5.10. The Morgan fingerprint density at radius 3 is 2.55 bits per heavy atom. The predicted molar refractivity (Wildman–Crippen MR) is 81.2 cm³/mol. The molecule has 0 fully saturated rings. The third kappa shape index (κ3) is 3.60. The number of unbranched alkanes of at least 4 members (excludes halogenated alkanes) is 6. The van der Waals surface area contributed by atoms with Crippen LogP contribution in [0.3, 0.4) is 0 Å². The monoisotopic (exact) mass is 278 g/mol. The highest BCUT2D eigenvalue weighted by molar-refractivity contribution is 5.38. The van der Waals surface area contributed by atoms with Gasteiger partial charge in [0.15, 0.2) is 0 Å². The minimum Gasteiger partial charge on any atom is -0.385 e. The SMILES string of the molecule is CCCCCCCCCC1(O)CCc2c(F)cccc21. The van der Waals surface area contributed by atoms with Gasteiger partial charge in [-0.1, -0.05) is 64.0 Å². The van der Waals surface area contributed by atoms with Crippen LogP contribution in [0.4, 0.5) is 4.39 Å². The second kappa shape index (κ2) is 7.21. The zero-order valence-electron chi connectivity index (χ0n) is 12.6. The summed E-state index contributed by atoms with van der Waals surface area (Å²) in [6.07, 6.45) is 10.8. The molecule has 0 radical (unpaired) electrons. The van der Waals surface area contributed by atoms with Crippen LogP contribution >= 0.6 is 0 Å². The molecule has 0 heterocycles. The molecule has 0 bridgehead atoms. The zero-order chi connectivity index (χ0) is 14.4. The lowest BCUT2D eigenvalue weighted by atomic mass is 9.89. The molecule has 1 aromatic carbocycles. The van der Waals surface area contributed by atoms with Gasteiger partial charge in [0.2, 0.25) is 0 Å². The Labute approximate surface area is 122 Å². The molecule has 1 aromatic rings. The van der Waals surface area contributed by atoms with E-state index in [1.54, 1.807) is 6.07 Å². The molecule has 0 spiro atoms. The van der Waals surface area contributed by atoms with Gasteiger partial charge in [-0.2, -0.15) is 0 Å². The van der Waals surface area contributed by atoms with Crippen LogP contribution in [-0.2, 0) is 12.0 Å². The fraction of sp³-hybridized carbons (Fsp3) is 0.667. The molecule has 0 saturated carbocycles. The van der Waals surface area contributed by atoms with Crippen LogP contribution in [0.25, 0.3) is 0 Å². The first kappa shape index (κ1) is 15.5. The second-order valence-corrected chi connectivity index (χ2v) is 6.17. The van der Waals surface area contributed by atoms with E-state index in [0.717, 1.165) is 24.0 Å². The van der Waals surface area contributed by atoms with E-state index in [1.807, 2.05) is 6.07 Å². The molecular weight excluding hydrogens is 251 g/mol. The van der Waals surface area contributed by atoms with Gasteiger partial charge in [0, 0.05) is 0 Å². The molecule has 20 heavy (non-hydrogen) atoms. The molecule has 1 aliphatic rings. The maximum Gasteiger partial charge on any atom is 0.126 e. The largest absolute Gasteiger partial charge is 0.385 e. The van der Waals surface area contributed by atoms with Crippen molar-refractivity contribution in [2.24, 2.45) is 0 Å². The minimum atomic E-state index is -0.777. The summed E-state index contributed by atoms with van der Waals surface area (Å²) in [7, 11) is 0. The number of rotatable bonds is 8. The first-order valence-electron chi connectivity index (χ1n) is 8.17. The van der Waals surface area contributed by atoms with Crippen molar-refractivity contribution in [2.45, 2.75) is 76.7 Å². The number of aliphatic hydroxyl groups is 1. The molecule has 1 N–H and O–H groups in total. The van der Waals surface area contributed by atoms with E-state index in [2.05, 4.69) is 6.92 Å². The van der Waals surface area contributed by atoms with Crippen molar-refractivity contribution in [3.05, 3.63) is 35.1 Å². The maximum atomic E-state index is 13.7. The summed E-state index contributed by atoms with van der Waals surface area (Å²) in [5, 5.41) is 10.7. The quantitative estimate of drug-likeness (QED) is 0.656.